The Labute approximate surface area is 377 Å². The molecule has 4 aliphatic rings. The molecule has 63 heavy (non-hydrogen) atoms. The van der Waals surface area contributed by atoms with Crippen LogP contribution >= 0.6 is 23.1 Å². The van der Waals surface area contributed by atoms with Crippen LogP contribution in [0.15, 0.2) is 71.6 Å². The number of piperidine rings is 2. The number of piperazine rings is 1. The Hall–Kier alpha value is -4.95. The molecule has 2 aromatic heterocycles. The van der Waals surface area contributed by atoms with Crippen molar-refractivity contribution in [3.8, 4) is 5.75 Å². The van der Waals surface area contributed by atoms with Crippen LogP contribution in [0.4, 0.5) is 28.8 Å². The van der Waals surface area contributed by atoms with Gasteiger partial charge in [-0.3, -0.25) is 34.7 Å². The highest BCUT2D eigenvalue weighted by Crippen LogP contribution is 2.43. The molecule has 1 aliphatic carbocycles. The van der Waals surface area contributed by atoms with Crippen LogP contribution in [0.5, 0.6) is 5.75 Å². The molecule has 0 bridgehead atoms. The van der Waals surface area contributed by atoms with Gasteiger partial charge in [-0.2, -0.15) is 4.98 Å². The Morgan fingerprint density at radius 1 is 0.841 bits per heavy atom. The number of carbonyl (C=O) groups is 2. The first-order valence-electron chi connectivity index (χ1n) is 22.2. The van der Waals surface area contributed by atoms with E-state index < -0.39 is 7.14 Å². The second-order valence-electron chi connectivity index (χ2n) is 17.7. The van der Waals surface area contributed by atoms with Gasteiger partial charge in [0.2, 0.25) is 17.8 Å². The number of benzene rings is 3. The molecule has 3 N–H and O–H groups in total. The second kappa shape index (κ2) is 18.3. The molecule has 3 aliphatic heterocycles. The molecular weight excluding hydrogens is 879 g/mol. The van der Waals surface area contributed by atoms with Gasteiger partial charge in [0.1, 0.15) is 24.2 Å². The number of carbonyl (C=O) groups excluding carboxylic acids is 2. The number of ether oxygens (including phenoxy) is 1. The van der Waals surface area contributed by atoms with Crippen LogP contribution in [0, 0.1) is 0 Å². The van der Waals surface area contributed by atoms with Gasteiger partial charge < -0.3 is 24.8 Å². The summed E-state index contributed by atoms with van der Waals surface area (Å²) in [6.45, 7) is 12.1. The van der Waals surface area contributed by atoms with E-state index >= 15 is 0 Å². The molecule has 3 saturated heterocycles. The van der Waals surface area contributed by atoms with Crippen LogP contribution in [0.1, 0.15) is 74.0 Å². The number of methoxy groups -OCH3 is 1. The fourth-order valence-electron chi connectivity index (χ4n) is 10.00. The number of nitrogens with zero attached hydrogens (tertiary/aromatic N) is 7. The van der Waals surface area contributed by atoms with E-state index in [-0.39, 0.29) is 17.7 Å². The smallest absolute Gasteiger partial charge is 0.234 e. The van der Waals surface area contributed by atoms with E-state index in [1.807, 2.05) is 12.1 Å². The maximum atomic E-state index is 13.5. The fourth-order valence-corrected chi connectivity index (χ4v) is 11.7. The molecule has 3 aromatic carbocycles. The number of anilines is 5. The lowest BCUT2D eigenvalue weighted by Gasteiger charge is -2.49. The van der Waals surface area contributed by atoms with Crippen LogP contribution in [-0.2, 0) is 20.6 Å². The number of amides is 2. The normalized spacial score (nSPS) is 21.5. The highest BCUT2D eigenvalue weighted by atomic mass is 79.9. The third-order valence-electron chi connectivity index (χ3n) is 13.5. The van der Waals surface area contributed by atoms with Gasteiger partial charge in [-0.1, -0.05) is 31.2 Å². The van der Waals surface area contributed by atoms with E-state index in [1.165, 1.54) is 29.7 Å². The van der Waals surface area contributed by atoms with E-state index in [9.17, 15) is 14.2 Å². The summed E-state index contributed by atoms with van der Waals surface area (Å²) in [6, 6.07) is 17.8. The SMILES string of the molecule is CCc1cc(Nc2ncc(Br)c(Nc3ccc4nccnc4c3P(C)(C)=O)n2)c(OC)cc1N1CCC(N2CCN(C3CC(c4ccc(C5CCC(=O)NC5=O)cc4)C3)CC2)CC1. The maximum absolute atomic E-state index is 13.5. The van der Waals surface area contributed by atoms with Crippen LogP contribution in [0.2, 0.25) is 0 Å². The number of hydrogen-bond acceptors (Lipinski definition) is 13. The maximum Gasteiger partial charge on any atom is 0.234 e. The van der Waals surface area contributed by atoms with Crippen molar-refractivity contribution in [1.29, 1.82) is 0 Å². The van der Waals surface area contributed by atoms with Crippen molar-refractivity contribution in [2.24, 2.45) is 0 Å². The summed E-state index contributed by atoms with van der Waals surface area (Å²) in [5.74, 6) is 1.63. The molecule has 1 atom stereocenters. The predicted molar refractivity (Wildman–Crippen MR) is 253 cm³/mol. The zero-order valence-electron chi connectivity index (χ0n) is 36.4. The van der Waals surface area contributed by atoms with Crippen molar-refractivity contribution in [1.82, 2.24) is 35.1 Å². The van der Waals surface area contributed by atoms with Crippen molar-refractivity contribution in [2.45, 2.75) is 75.8 Å². The first kappa shape index (κ1) is 43.3. The zero-order chi connectivity index (χ0) is 43.8. The lowest BCUT2D eigenvalue weighted by atomic mass is 9.74. The first-order valence-corrected chi connectivity index (χ1v) is 25.6. The number of aromatic nitrogens is 4. The van der Waals surface area contributed by atoms with Crippen molar-refractivity contribution in [3.05, 3.63) is 88.3 Å². The first-order chi connectivity index (χ1) is 30.4. The van der Waals surface area contributed by atoms with Gasteiger partial charge >= 0.3 is 0 Å². The topological polar surface area (TPSA) is 158 Å². The Balaban J connectivity index is 0.788. The summed E-state index contributed by atoms with van der Waals surface area (Å²) < 4.78 is 20.2. The summed E-state index contributed by atoms with van der Waals surface area (Å²) in [7, 11) is -1.07. The highest BCUT2D eigenvalue weighted by molar-refractivity contribution is 9.10. The Morgan fingerprint density at radius 3 is 2.22 bits per heavy atom. The van der Waals surface area contributed by atoms with E-state index in [2.05, 4.69) is 105 Å². The molecule has 14 nitrogen and oxygen atoms in total. The molecule has 1 saturated carbocycles. The molecule has 0 spiro atoms. The van der Waals surface area contributed by atoms with Gasteiger partial charge in [0.25, 0.3) is 0 Å². The number of fused-ring (bicyclic) bond motifs is 1. The quantitative estimate of drug-likeness (QED) is 0.0834. The van der Waals surface area contributed by atoms with Crippen LogP contribution < -0.4 is 30.9 Å². The number of rotatable bonds is 12. The molecule has 330 valence electrons. The molecule has 5 aromatic rings. The highest BCUT2D eigenvalue weighted by Gasteiger charge is 2.38. The fraction of sp³-hybridized carbons (Fsp3) is 0.447. The number of imide groups is 1. The predicted octanol–water partition coefficient (Wildman–Crippen LogP) is 7.54. The number of nitrogens with one attached hydrogen (secondary N) is 3. The van der Waals surface area contributed by atoms with Crippen molar-refractivity contribution in [3.63, 3.8) is 0 Å². The lowest BCUT2D eigenvalue weighted by molar-refractivity contribution is -0.134. The van der Waals surface area contributed by atoms with Gasteiger partial charge in [0.15, 0.2) is 0 Å². The zero-order valence-corrected chi connectivity index (χ0v) is 38.9. The van der Waals surface area contributed by atoms with Crippen molar-refractivity contribution in [2.75, 3.05) is 75.2 Å². The van der Waals surface area contributed by atoms with E-state index in [0.29, 0.717) is 69.1 Å². The van der Waals surface area contributed by atoms with Crippen LogP contribution in [-0.4, -0.2) is 113 Å². The minimum atomic E-state index is -2.77. The second-order valence-corrected chi connectivity index (χ2v) is 21.7. The molecule has 2 amide bonds. The molecule has 4 fully saturated rings. The number of hydrogen-bond donors (Lipinski definition) is 3. The summed E-state index contributed by atoms with van der Waals surface area (Å²) in [6.07, 6.45) is 11.4. The summed E-state index contributed by atoms with van der Waals surface area (Å²) in [4.78, 5) is 50.2. The van der Waals surface area contributed by atoms with Crippen molar-refractivity contribution >= 4 is 80.1 Å². The molecule has 1 unspecified atom stereocenters. The minimum absolute atomic E-state index is 0.170. The summed E-state index contributed by atoms with van der Waals surface area (Å²) in [5.41, 5.74) is 7.53. The Morgan fingerprint density at radius 2 is 1.54 bits per heavy atom. The summed E-state index contributed by atoms with van der Waals surface area (Å²) >= 11 is 3.61. The third-order valence-corrected chi connectivity index (χ3v) is 15.6. The Bertz CT molecular complexity index is 2550. The largest absolute Gasteiger partial charge is 0.494 e. The minimum Gasteiger partial charge on any atom is -0.494 e. The molecule has 5 heterocycles. The molecule has 0 radical (unpaired) electrons. The number of aryl methyl sites for hydroxylation is 1. The third kappa shape index (κ3) is 9.20. The van der Waals surface area contributed by atoms with E-state index in [0.717, 1.165) is 75.5 Å². The van der Waals surface area contributed by atoms with Gasteiger partial charge in [-0.25, -0.2) is 4.98 Å². The molecule has 16 heteroatoms. The Kier molecular flexibility index (Phi) is 12.6. The van der Waals surface area contributed by atoms with E-state index in [4.69, 9.17) is 9.72 Å². The van der Waals surface area contributed by atoms with E-state index in [1.54, 1.807) is 39.0 Å². The summed E-state index contributed by atoms with van der Waals surface area (Å²) in [5, 5.41) is 9.91. The van der Waals surface area contributed by atoms with Crippen molar-refractivity contribution < 1.29 is 18.9 Å². The standard InChI is InChI=1S/C47H56BrN10O4P/c1-5-29-26-39(53-47-51-28-36(48)45(55-47)52-38-12-11-37-43(50-17-16-49-37)44(38)63(3,4)61)41(62-2)27-40(29)58-18-14-33(15-19-58)56-20-22-57(23-21-56)34-24-32(25-34)30-6-8-31(9-7-30)35-10-13-42(59)54-46(35)60/h6-9,11-12,16-17,26-28,32-35H,5,10,13-15,18-25H2,1-4H3,(H,54,59,60)(H2,51,52,53,55). The molecule has 9 rings (SSSR count). The lowest BCUT2D eigenvalue weighted by Crippen LogP contribution is -2.57. The van der Waals surface area contributed by atoms with Crippen LogP contribution in [0.3, 0.4) is 0 Å². The average molecular weight is 936 g/mol. The number of halogens is 1. The monoisotopic (exact) mass is 934 g/mol. The van der Waals surface area contributed by atoms with Gasteiger partial charge in [-0.15, -0.1) is 0 Å². The van der Waals surface area contributed by atoms with Gasteiger partial charge in [-0.05, 0) is 109 Å². The van der Waals surface area contributed by atoms with Gasteiger partial charge in [0, 0.05) is 88.1 Å². The average Bonchev–Trinajstić information content (AvgIpc) is 3.27. The van der Waals surface area contributed by atoms with Crippen LogP contribution in [0.25, 0.3) is 11.0 Å². The molecular formula is C47H56BrN10O4P. The van der Waals surface area contributed by atoms with Gasteiger partial charge in [0.05, 0.1) is 39.7 Å².